The van der Waals surface area contributed by atoms with Crippen LogP contribution >= 0.6 is 11.6 Å². The van der Waals surface area contributed by atoms with Crippen LogP contribution in [0, 0.1) is 6.92 Å². The number of methoxy groups -OCH3 is 3. The van der Waals surface area contributed by atoms with Gasteiger partial charge in [-0.15, -0.1) is 0 Å². The SMILES string of the molecule is COc1cc(OC)c(OC)cc1C=NNC(=O)COc1ccc(Cl)c(C)c1. The van der Waals surface area contributed by atoms with E-state index in [4.69, 9.17) is 30.5 Å². The van der Waals surface area contributed by atoms with Gasteiger partial charge in [0.05, 0.1) is 27.5 Å². The Morgan fingerprint density at radius 2 is 1.74 bits per heavy atom. The van der Waals surface area contributed by atoms with Crippen molar-refractivity contribution in [3.63, 3.8) is 0 Å². The molecule has 0 aromatic heterocycles. The average Bonchev–Trinajstić information content (AvgIpc) is 2.68. The van der Waals surface area contributed by atoms with Gasteiger partial charge in [-0.05, 0) is 36.8 Å². The van der Waals surface area contributed by atoms with E-state index < -0.39 is 5.91 Å². The van der Waals surface area contributed by atoms with Gasteiger partial charge in [-0.3, -0.25) is 4.79 Å². The lowest BCUT2D eigenvalue weighted by atomic mass is 10.2. The highest BCUT2D eigenvalue weighted by Crippen LogP contribution is 2.33. The van der Waals surface area contributed by atoms with Crippen LogP contribution < -0.4 is 24.4 Å². The highest BCUT2D eigenvalue weighted by molar-refractivity contribution is 6.31. The molecule has 0 aliphatic rings. The summed E-state index contributed by atoms with van der Waals surface area (Å²) in [7, 11) is 4.59. The van der Waals surface area contributed by atoms with Crippen molar-refractivity contribution >= 4 is 23.7 Å². The van der Waals surface area contributed by atoms with E-state index in [1.165, 1.54) is 27.5 Å². The second kappa shape index (κ2) is 9.68. The van der Waals surface area contributed by atoms with E-state index in [2.05, 4.69) is 10.5 Å². The lowest BCUT2D eigenvalue weighted by molar-refractivity contribution is -0.123. The Kier molecular flexibility index (Phi) is 7.31. The van der Waals surface area contributed by atoms with Crippen molar-refractivity contribution in [1.82, 2.24) is 5.43 Å². The van der Waals surface area contributed by atoms with E-state index in [0.29, 0.717) is 33.6 Å². The van der Waals surface area contributed by atoms with Crippen LogP contribution in [0.15, 0.2) is 35.4 Å². The first-order valence-corrected chi connectivity index (χ1v) is 8.37. The standard InChI is InChI=1S/C19H21ClN2O5/c1-12-7-14(5-6-15(12)20)27-11-19(23)22-21-10-13-8-17(25-3)18(26-4)9-16(13)24-2/h5-10H,11H2,1-4H3,(H,22,23). The normalized spacial score (nSPS) is 10.6. The fourth-order valence-corrected chi connectivity index (χ4v) is 2.33. The number of hydrazone groups is 1. The van der Waals surface area contributed by atoms with Gasteiger partial charge in [0, 0.05) is 16.7 Å². The second-order valence-corrected chi connectivity index (χ2v) is 5.85. The van der Waals surface area contributed by atoms with Crippen molar-refractivity contribution in [2.24, 2.45) is 5.10 Å². The number of halogens is 1. The van der Waals surface area contributed by atoms with Crippen LogP contribution in [-0.2, 0) is 4.79 Å². The zero-order valence-electron chi connectivity index (χ0n) is 15.5. The number of nitrogens with one attached hydrogen (secondary N) is 1. The topological polar surface area (TPSA) is 78.4 Å². The molecule has 2 aromatic rings. The van der Waals surface area contributed by atoms with Crippen molar-refractivity contribution in [3.05, 3.63) is 46.5 Å². The molecule has 8 heteroatoms. The van der Waals surface area contributed by atoms with Crippen molar-refractivity contribution in [2.45, 2.75) is 6.92 Å². The van der Waals surface area contributed by atoms with Gasteiger partial charge in [-0.1, -0.05) is 11.6 Å². The molecule has 2 rings (SSSR count). The molecule has 27 heavy (non-hydrogen) atoms. The van der Waals surface area contributed by atoms with Crippen LogP contribution in [0.3, 0.4) is 0 Å². The molecule has 1 N–H and O–H groups in total. The zero-order chi connectivity index (χ0) is 19.8. The predicted molar refractivity (Wildman–Crippen MR) is 104 cm³/mol. The van der Waals surface area contributed by atoms with Gasteiger partial charge in [0.15, 0.2) is 18.1 Å². The molecule has 0 unspecified atom stereocenters. The highest BCUT2D eigenvalue weighted by Gasteiger charge is 2.10. The van der Waals surface area contributed by atoms with Gasteiger partial charge < -0.3 is 18.9 Å². The molecule has 0 saturated heterocycles. The molecule has 0 saturated carbocycles. The fourth-order valence-electron chi connectivity index (χ4n) is 2.22. The zero-order valence-corrected chi connectivity index (χ0v) is 16.3. The first-order valence-electron chi connectivity index (χ1n) is 7.99. The quantitative estimate of drug-likeness (QED) is 0.551. The highest BCUT2D eigenvalue weighted by atomic mass is 35.5. The third-order valence-electron chi connectivity index (χ3n) is 3.63. The number of nitrogens with zero attached hydrogens (tertiary/aromatic N) is 1. The molecule has 0 heterocycles. The van der Waals surface area contributed by atoms with E-state index in [1.807, 2.05) is 6.92 Å². The summed E-state index contributed by atoms with van der Waals surface area (Å²) in [5, 5.41) is 4.56. The Morgan fingerprint density at radius 3 is 2.37 bits per heavy atom. The number of carbonyl (C=O) groups is 1. The maximum Gasteiger partial charge on any atom is 0.277 e. The van der Waals surface area contributed by atoms with E-state index in [1.54, 1.807) is 30.3 Å². The molecular formula is C19H21ClN2O5. The van der Waals surface area contributed by atoms with Crippen LogP contribution in [0.25, 0.3) is 0 Å². The van der Waals surface area contributed by atoms with Crippen LogP contribution in [0.2, 0.25) is 5.02 Å². The summed E-state index contributed by atoms with van der Waals surface area (Å²) in [5.74, 6) is 1.73. The minimum absolute atomic E-state index is 0.179. The maximum atomic E-state index is 11.9. The summed E-state index contributed by atoms with van der Waals surface area (Å²) >= 11 is 5.95. The minimum atomic E-state index is -0.404. The first-order chi connectivity index (χ1) is 13.0. The number of aryl methyl sites for hydroxylation is 1. The van der Waals surface area contributed by atoms with Crippen LogP contribution in [0.1, 0.15) is 11.1 Å². The Bertz CT molecular complexity index is 839. The summed E-state index contributed by atoms with van der Waals surface area (Å²) < 4.78 is 21.2. The molecule has 0 fully saturated rings. The Hall–Kier alpha value is -2.93. The van der Waals surface area contributed by atoms with Gasteiger partial charge in [-0.2, -0.15) is 5.10 Å². The lowest BCUT2D eigenvalue weighted by Crippen LogP contribution is -2.24. The maximum absolute atomic E-state index is 11.9. The molecule has 0 radical (unpaired) electrons. The Morgan fingerprint density at radius 1 is 1.07 bits per heavy atom. The molecule has 0 atom stereocenters. The first kappa shape index (κ1) is 20.4. The number of benzene rings is 2. The van der Waals surface area contributed by atoms with Crippen molar-refractivity contribution in [3.8, 4) is 23.0 Å². The lowest BCUT2D eigenvalue weighted by Gasteiger charge is -2.11. The summed E-state index contributed by atoms with van der Waals surface area (Å²) in [6, 6.07) is 8.54. The molecule has 144 valence electrons. The smallest absolute Gasteiger partial charge is 0.277 e. The summed E-state index contributed by atoms with van der Waals surface area (Å²) in [5.41, 5.74) is 3.88. The van der Waals surface area contributed by atoms with Gasteiger partial charge in [0.1, 0.15) is 11.5 Å². The van der Waals surface area contributed by atoms with Crippen molar-refractivity contribution in [1.29, 1.82) is 0 Å². The fraction of sp³-hybridized carbons (Fsp3) is 0.263. The van der Waals surface area contributed by atoms with Crippen LogP contribution in [0.5, 0.6) is 23.0 Å². The number of amides is 1. The molecule has 0 aliphatic heterocycles. The number of hydrogen-bond donors (Lipinski definition) is 1. The van der Waals surface area contributed by atoms with Crippen LogP contribution in [0.4, 0.5) is 0 Å². The number of rotatable bonds is 8. The van der Waals surface area contributed by atoms with E-state index in [9.17, 15) is 4.79 Å². The number of ether oxygens (including phenoxy) is 4. The number of hydrogen-bond acceptors (Lipinski definition) is 6. The van der Waals surface area contributed by atoms with E-state index in [-0.39, 0.29) is 6.61 Å². The molecule has 0 bridgehead atoms. The molecule has 2 aromatic carbocycles. The predicted octanol–water partition coefficient (Wildman–Crippen LogP) is 3.20. The van der Waals surface area contributed by atoms with Gasteiger partial charge >= 0.3 is 0 Å². The van der Waals surface area contributed by atoms with Gasteiger partial charge in [0.25, 0.3) is 5.91 Å². The Labute approximate surface area is 162 Å². The minimum Gasteiger partial charge on any atom is -0.496 e. The Balaban J connectivity index is 1.97. The van der Waals surface area contributed by atoms with E-state index >= 15 is 0 Å². The summed E-state index contributed by atoms with van der Waals surface area (Å²) in [6.45, 7) is 1.68. The summed E-state index contributed by atoms with van der Waals surface area (Å²) in [6.07, 6.45) is 1.45. The second-order valence-electron chi connectivity index (χ2n) is 5.44. The third-order valence-corrected chi connectivity index (χ3v) is 4.05. The molecule has 1 amide bonds. The average molecular weight is 393 g/mol. The summed E-state index contributed by atoms with van der Waals surface area (Å²) in [4.78, 5) is 11.9. The van der Waals surface area contributed by atoms with Gasteiger partial charge in [0.2, 0.25) is 0 Å². The molecular weight excluding hydrogens is 372 g/mol. The van der Waals surface area contributed by atoms with Crippen molar-refractivity contribution in [2.75, 3.05) is 27.9 Å². The van der Waals surface area contributed by atoms with Crippen LogP contribution in [-0.4, -0.2) is 40.1 Å². The monoisotopic (exact) mass is 392 g/mol. The molecule has 0 aliphatic carbocycles. The number of carbonyl (C=O) groups excluding carboxylic acids is 1. The molecule has 0 spiro atoms. The van der Waals surface area contributed by atoms with Gasteiger partial charge in [-0.25, -0.2) is 5.43 Å². The molecule has 7 nitrogen and oxygen atoms in total. The van der Waals surface area contributed by atoms with Crippen molar-refractivity contribution < 1.29 is 23.7 Å². The van der Waals surface area contributed by atoms with E-state index in [0.717, 1.165) is 5.56 Å². The third kappa shape index (κ3) is 5.52. The largest absolute Gasteiger partial charge is 0.496 e.